The van der Waals surface area contributed by atoms with Crippen molar-refractivity contribution in [2.75, 3.05) is 0 Å². The Morgan fingerprint density at radius 2 is 1.58 bits per heavy atom. The van der Waals surface area contributed by atoms with Gasteiger partial charge in [-0.05, 0) is 49.9 Å². The maximum Gasteiger partial charge on any atom is 0.325 e. The van der Waals surface area contributed by atoms with Crippen molar-refractivity contribution in [3.63, 3.8) is 0 Å². The SMILES string of the molecule is Cc1cc(C)c(CN2C(=O)NC(C)(c3ccccc3)C2=O)c(C)c1. The van der Waals surface area contributed by atoms with E-state index < -0.39 is 5.54 Å². The van der Waals surface area contributed by atoms with Gasteiger partial charge in [-0.1, -0.05) is 48.0 Å². The van der Waals surface area contributed by atoms with Crippen LogP contribution < -0.4 is 5.32 Å². The van der Waals surface area contributed by atoms with Crippen LogP contribution in [0.2, 0.25) is 0 Å². The van der Waals surface area contributed by atoms with E-state index in [2.05, 4.69) is 17.4 Å². The number of imide groups is 1. The molecule has 4 nitrogen and oxygen atoms in total. The summed E-state index contributed by atoms with van der Waals surface area (Å²) in [6, 6.07) is 13.2. The number of amides is 3. The Labute approximate surface area is 142 Å². The number of benzene rings is 2. The largest absolute Gasteiger partial charge is 0.325 e. The second-order valence-corrected chi connectivity index (χ2v) is 6.69. The lowest BCUT2D eigenvalue weighted by Gasteiger charge is -2.22. The summed E-state index contributed by atoms with van der Waals surface area (Å²) in [6.45, 7) is 8.14. The minimum atomic E-state index is -1.01. The van der Waals surface area contributed by atoms with Gasteiger partial charge in [0.25, 0.3) is 5.91 Å². The van der Waals surface area contributed by atoms with E-state index in [0.717, 1.165) is 22.3 Å². The lowest BCUT2D eigenvalue weighted by Crippen LogP contribution is -2.40. The van der Waals surface area contributed by atoms with Crippen molar-refractivity contribution in [3.05, 3.63) is 70.3 Å². The third-order valence-electron chi connectivity index (χ3n) is 4.78. The van der Waals surface area contributed by atoms with Crippen molar-refractivity contribution in [2.45, 2.75) is 39.8 Å². The Bertz CT molecular complexity index is 791. The zero-order chi connectivity index (χ0) is 17.5. The van der Waals surface area contributed by atoms with Crippen LogP contribution in [0, 0.1) is 20.8 Å². The van der Waals surface area contributed by atoms with Crippen LogP contribution in [-0.4, -0.2) is 16.8 Å². The molecule has 1 atom stereocenters. The number of rotatable bonds is 3. The summed E-state index contributed by atoms with van der Waals surface area (Å²) in [5, 5.41) is 2.85. The molecule has 0 saturated carbocycles. The van der Waals surface area contributed by atoms with Crippen molar-refractivity contribution in [1.29, 1.82) is 0 Å². The monoisotopic (exact) mass is 322 g/mol. The minimum Gasteiger partial charge on any atom is -0.319 e. The fraction of sp³-hybridized carbons (Fsp3) is 0.300. The quantitative estimate of drug-likeness (QED) is 0.878. The topological polar surface area (TPSA) is 49.4 Å². The molecule has 1 N–H and O–H groups in total. The molecular weight excluding hydrogens is 300 g/mol. The van der Waals surface area contributed by atoms with E-state index in [1.54, 1.807) is 6.92 Å². The normalized spacial score (nSPS) is 20.4. The van der Waals surface area contributed by atoms with E-state index in [1.807, 2.05) is 51.1 Å². The number of hydrogen-bond donors (Lipinski definition) is 1. The molecule has 3 rings (SSSR count). The van der Waals surface area contributed by atoms with E-state index in [4.69, 9.17) is 0 Å². The van der Waals surface area contributed by atoms with Gasteiger partial charge in [0.05, 0.1) is 6.54 Å². The molecule has 0 radical (unpaired) electrons. The lowest BCUT2D eigenvalue weighted by atomic mass is 9.92. The highest BCUT2D eigenvalue weighted by molar-refractivity contribution is 6.07. The van der Waals surface area contributed by atoms with Gasteiger partial charge in [-0.15, -0.1) is 0 Å². The third kappa shape index (κ3) is 2.58. The van der Waals surface area contributed by atoms with Crippen molar-refractivity contribution in [3.8, 4) is 0 Å². The van der Waals surface area contributed by atoms with Crippen molar-refractivity contribution in [1.82, 2.24) is 10.2 Å². The highest BCUT2D eigenvalue weighted by Crippen LogP contribution is 2.30. The first-order chi connectivity index (χ1) is 11.3. The number of carbonyl (C=O) groups is 2. The maximum atomic E-state index is 13.0. The Kier molecular flexibility index (Phi) is 3.91. The predicted octanol–water partition coefficient (Wildman–Crippen LogP) is 3.58. The molecule has 0 bridgehead atoms. The molecular formula is C20H22N2O2. The summed E-state index contributed by atoms with van der Waals surface area (Å²) >= 11 is 0. The summed E-state index contributed by atoms with van der Waals surface area (Å²) in [5.74, 6) is -0.210. The number of aryl methyl sites for hydroxylation is 3. The van der Waals surface area contributed by atoms with Gasteiger partial charge < -0.3 is 5.32 Å². The maximum absolute atomic E-state index is 13.0. The van der Waals surface area contributed by atoms with Gasteiger partial charge in [0.2, 0.25) is 0 Å². The number of urea groups is 1. The van der Waals surface area contributed by atoms with Gasteiger partial charge in [0, 0.05) is 0 Å². The van der Waals surface area contributed by atoms with Crippen LogP contribution in [0.1, 0.15) is 34.7 Å². The summed E-state index contributed by atoms with van der Waals surface area (Å²) in [7, 11) is 0. The molecule has 1 aliphatic rings. The summed E-state index contributed by atoms with van der Waals surface area (Å²) in [4.78, 5) is 26.8. The Morgan fingerprint density at radius 3 is 2.17 bits per heavy atom. The van der Waals surface area contributed by atoms with Gasteiger partial charge in [0.15, 0.2) is 0 Å². The smallest absolute Gasteiger partial charge is 0.319 e. The Hall–Kier alpha value is -2.62. The molecule has 4 heteroatoms. The molecule has 0 spiro atoms. The molecule has 0 aliphatic carbocycles. The summed E-state index contributed by atoms with van der Waals surface area (Å²) < 4.78 is 0. The summed E-state index contributed by atoms with van der Waals surface area (Å²) in [5.41, 5.74) is 4.19. The molecule has 2 aromatic rings. The van der Waals surface area contributed by atoms with Crippen LogP contribution in [0.3, 0.4) is 0 Å². The molecule has 24 heavy (non-hydrogen) atoms. The fourth-order valence-corrected chi connectivity index (χ4v) is 3.43. The molecule has 2 aromatic carbocycles. The van der Waals surface area contributed by atoms with Gasteiger partial charge in [-0.25, -0.2) is 4.79 Å². The van der Waals surface area contributed by atoms with Crippen molar-refractivity contribution < 1.29 is 9.59 Å². The lowest BCUT2D eigenvalue weighted by molar-refractivity contribution is -0.131. The number of nitrogens with zero attached hydrogens (tertiary/aromatic N) is 1. The van der Waals surface area contributed by atoms with E-state index in [0.29, 0.717) is 6.54 Å². The minimum absolute atomic E-state index is 0.210. The van der Waals surface area contributed by atoms with E-state index >= 15 is 0 Å². The average molecular weight is 322 g/mol. The van der Waals surface area contributed by atoms with Crippen LogP contribution in [-0.2, 0) is 16.9 Å². The molecule has 1 heterocycles. The fourth-order valence-electron chi connectivity index (χ4n) is 3.43. The number of carbonyl (C=O) groups excluding carboxylic acids is 2. The number of nitrogens with one attached hydrogen (secondary N) is 1. The van der Waals surface area contributed by atoms with Gasteiger partial charge in [0.1, 0.15) is 5.54 Å². The molecule has 124 valence electrons. The third-order valence-corrected chi connectivity index (χ3v) is 4.78. The van der Waals surface area contributed by atoms with Crippen LogP contribution in [0.25, 0.3) is 0 Å². The Balaban J connectivity index is 1.94. The first kappa shape index (κ1) is 16.2. The van der Waals surface area contributed by atoms with Crippen LogP contribution >= 0.6 is 0 Å². The zero-order valence-corrected chi connectivity index (χ0v) is 14.5. The van der Waals surface area contributed by atoms with Gasteiger partial charge in [-0.2, -0.15) is 0 Å². The first-order valence-corrected chi connectivity index (χ1v) is 8.09. The van der Waals surface area contributed by atoms with Gasteiger partial charge in [-0.3, -0.25) is 9.69 Å². The standard InChI is InChI=1S/C20H22N2O2/c1-13-10-14(2)17(15(3)11-13)12-22-18(23)20(4,21-19(22)24)16-8-6-5-7-9-16/h5-11H,12H2,1-4H3,(H,21,24). The predicted molar refractivity (Wildman–Crippen MR) is 93.5 cm³/mol. The van der Waals surface area contributed by atoms with Crippen molar-refractivity contribution in [2.24, 2.45) is 0 Å². The highest BCUT2D eigenvalue weighted by Gasteiger charge is 2.48. The molecule has 3 amide bonds. The molecule has 1 saturated heterocycles. The highest BCUT2D eigenvalue weighted by atomic mass is 16.2. The van der Waals surface area contributed by atoms with Crippen LogP contribution in [0.4, 0.5) is 4.79 Å². The summed E-state index contributed by atoms with van der Waals surface area (Å²) in [6.07, 6.45) is 0. The zero-order valence-electron chi connectivity index (χ0n) is 14.5. The average Bonchev–Trinajstić information content (AvgIpc) is 2.75. The molecule has 1 aliphatic heterocycles. The van der Waals surface area contributed by atoms with E-state index in [9.17, 15) is 9.59 Å². The Morgan fingerprint density at radius 1 is 1.00 bits per heavy atom. The van der Waals surface area contributed by atoms with Crippen molar-refractivity contribution >= 4 is 11.9 Å². The van der Waals surface area contributed by atoms with Crippen LogP contribution in [0.5, 0.6) is 0 Å². The second kappa shape index (κ2) is 5.78. The van der Waals surface area contributed by atoms with Crippen LogP contribution in [0.15, 0.2) is 42.5 Å². The number of hydrogen-bond acceptors (Lipinski definition) is 2. The van der Waals surface area contributed by atoms with E-state index in [-0.39, 0.29) is 11.9 Å². The first-order valence-electron chi connectivity index (χ1n) is 8.09. The molecule has 1 unspecified atom stereocenters. The van der Waals surface area contributed by atoms with E-state index in [1.165, 1.54) is 10.5 Å². The molecule has 1 fully saturated rings. The molecule has 0 aromatic heterocycles. The van der Waals surface area contributed by atoms with Gasteiger partial charge >= 0.3 is 6.03 Å². The second-order valence-electron chi connectivity index (χ2n) is 6.69.